The third-order valence-electron chi connectivity index (χ3n) is 4.32. The van der Waals surface area contributed by atoms with Gasteiger partial charge in [0.2, 0.25) is 0 Å². The van der Waals surface area contributed by atoms with Crippen LogP contribution in [0.4, 0.5) is 0 Å². The maximum Gasteiger partial charge on any atom is 0.191 e. The van der Waals surface area contributed by atoms with Gasteiger partial charge < -0.3 is 10.6 Å². The van der Waals surface area contributed by atoms with Gasteiger partial charge in [0.1, 0.15) is 0 Å². The molecular weight excluding hydrogens is 401 g/mol. The Morgan fingerprint density at radius 2 is 2.09 bits per heavy atom. The van der Waals surface area contributed by atoms with Gasteiger partial charge in [-0.15, -0.1) is 24.0 Å². The molecule has 1 heterocycles. The van der Waals surface area contributed by atoms with E-state index in [0.717, 1.165) is 31.5 Å². The molecule has 1 aromatic rings. The summed E-state index contributed by atoms with van der Waals surface area (Å²) in [6.07, 6.45) is 9.00. The molecule has 0 bridgehead atoms. The molecule has 0 saturated heterocycles. The molecule has 1 aliphatic rings. The summed E-state index contributed by atoms with van der Waals surface area (Å²) in [5.41, 5.74) is 0. The zero-order chi connectivity index (χ0) is 15.8. The van der Waals surface area contributed by atoms with Crippen LogP contribution in [-0.4, -0.2) is 34.9 Å². The van der Waals surface area contributed by atoms with Gasteiger partial charge in [0.15, 0.2) is 5.96 Å². The van der Waals surface area contributed by atoms with Crippen molar-refractivity contribution in [2.75, 3.05) is 13.1 Å². The summed E-state index contributed by atoms with van der Waals surface area (Å²) in [5, 5.41) is 11.2. The Balaban J connectivity index is 0.00000264. The molecule has 1 aliphatic carbocycles. The van der Waals surface area contributed by atoms with E-state index in [1.54, 1.807) is 0 Å². The van der Waals surface area contributed by atoms with Gasteiger partial charge in [-0.3, -0.25) is 9.67 Å². The largest absolute Gasteiger partial charge is 0.357 e. The average Bonchev–Trinajstić information content (AvgIpc) is 3.00. The molecule has 1 saturated carbocycles. The molecule has 2 rings (SSSR count). The van der Waals surface area contributed by atoms with E-state index in [0.29, 0.717) is 12.0 Å². The van der Waals surface area contributed by atoms with Crippen molar-refractivity contribution in [1.29, 1.82) is 0 Å². The highest BCUT2D eigenvalue weighted by Crippen LogP contribution is 2.23. The van der Waals surface area contributed by atoms with Crippen LogP contribution in [0.1, 0.15) is 46.5 Å². The number of nitrogens with one attached hydrogen (secondary N) is 2. The number of hydrogen-bond acceptors (Lipinski definition) is 2. The van der Waals surface area contributed by atoms with Crippen molar-refractivity contribution in [3.63, 3.8) is 0 Å². The van der Waals surface area contributed by atoms with Crippen LogP contribution in [-0.2, 0) is 6.54 Å². The van der Waals surface area contributed by atoms with Gasteiger partial charge in [0.25, 0.3) is 0 Å². The third kappa shape index (κ3) is 7.54. The quantitative estimate of drug-likeness (QED) is 0.412. The van der Waals surface area contributed by atoms with Gasteiger partial charge >= 0.3 is 0 Å². The van der Waals surface area contributed by atoms with Crippen molar-refractivity contribution in [2.45, 2.75) is 59.0 Å². The highest BCUT2D eigenvalue weighted by Gasteiger charge is 2.18. The first-order valence-electron chi connectivity index (χ1n) is 8.69. The Hall–Kier alpha value is -0.790. The van der Waals surface area contributed by atoms with E-state index in [1.807, 2.05) is 23.1 Å². The average molecular weight is 433 g/mol. The second-order valence-corrected chi connectivity index (χ2v) is 6.65. The van der Waals surface area contributed by atoms with Gasteiger partial charge in [0, 0.05) is 38.1 Å². The van der Waals surface area contributed by atoms with E-state index in [2.05, 4.69) is 36.5 Å². The van der Waals surface area contributed by atoms with E-state index in [-0.39, 0.29) is 24.0 Å². The van der Waals surface area contributed by atoms with Gasteiger partial charge in [-0.05, 0) is 50.5 Å². The zero-order valence-corrected chi connectivity index (χ0v) is 17.0. The standard InChI is InChI=1S/C17H31N5.HI/c1-4-18-17(21-16-8-6-14(2)7-9-16)19-12-15(3)13-22-11-5-10-20-22;/h5,10-11,14-16H,4,6-9,12-13H2,1-3H3,(H2,18,19,21);1H. The lowest BCUT2D eigenvalue weighted by Crippen LogP contribution is -2.45. The number of aromatic nitrogens is 2. The van der Waals surface area contributed by atoms with Crippen molar-refractivity contribution < 1.29 is 0 Å². The van der Waals surface area contributed by atoms with Crippen LogP contribution in [0.2, 0.25) is 0 Å². The first-order chi connectivity index (χ1) is 10.7. The van der Waals surface area contributed by atoms with Crippen LogP contribution >= 0.6 is 24.0 Å². The number of hydrogen-bond donors (Lipinski definition) is 2. The third-order valence-corrected chi connectivity index (χ3v) is 4.32. The predicted molar refractivity (Wildman–Crippen MR) is 107 cm³/mol. The van der Waals surface area contributed by atoms with Gasteiger partial charge in [-0.25, -0.2) is 0 Å². The molecule has 5 nitrogen and oxygen atoms in total. The lowest BCUT2D eigenvalue weighted by Gasteiger charge is -2.28. The maximum absolute atomic E-state index is 4.76. The number of rotatable bonds is 6. The van der Waals surface area contributed by atoms with Crippen molar-refractivity contribution in [3.8, 4) is 0 Å². The fraction of sp³-hybridized carbons (Fsp3) is 0.765. The van der Waals surface area contributed by atoms with Crippen molar-refractivity contribution in [1.82, 2.24) is 20.4 Å². The van der Waals surface area contributed by atoms with Crippen LogP contribution in [0.5, 0.6) is 0 Å². The minimum atomic E-state index is 0. The Morgan fingerprint density at radius 3 is 2.70 bits per heavy atom. The Morgan fingerprint density at radius 1 is 1.35 bits per heavy atom. The summed E-state index contributed by atoms with van der Waals surface area (Å²) < 4.78 is 1.98. The first-order valence-corrected chi connectivity index (χ1v) is 8.69. The molecule has 1 atom stereocenters. The van der Waals surface area contributed by atoms with Crippen molar-refractivity contribution in [3.05, 3.63) is 18.5 Å². The molecule has 0 aliphatic heterocycles. The molecule has 1 unspecified atom stereocenters. The summed E-state index contributed by atoms with van der Waals surface area (Å²) >= 11 is 0. The predicted octanol–water partition coefficient (Wildman–Crippen LogP) is 3.27. The molecule has 2 N–H and O–H groups in total. The number of guanidine groups is 1. The summed E-state index contributed by atoms with van der Waals surface area (Å²) in [6.45, 7) is 9.33. The monoisotopic (exact) mass is 433 g/mol. The molecule has 6 heteroatoms. The maximum atomic E-state index is 4.76. The minimum absolute atomic E-state index is 0. The highest BCUT2D eigenvalue weighted by molar-refractivity contribution is 14.0. The fourth-order valence-corrected chi connectivity index (χ4v) is 2.95. The van der Waals surface area contributed by atoms with Gasteiger partial charge in [0.05, 0.1) is 0 Å². The first kappa shape index (κ1) is 20.3. The molecule has 132 valence electrons. The van der Waals surface area contributed by atoms with Crippen molar-refractivity contribution in [2.24, 2.45) is 16.8 Å². The summed E-state index contributed by atoms with van der Waals surface area (Å²) in [5.74, 6) is 2.32. The second kappa shape index (κ2) is 10.9. The Kier molecular flexibility index (Phi) is 9.59. The van der Waals surface area contributed by atoms with E-state index in [9.17, 15) is 0 Å². The summed E-state index contributed by atoms with van der Waals surface area (Å²) in [6, 6.07) is 2.54. The zero-order valence-electron chi connectivity index (χ0n) is 14.7. The number of nitrogens with zero attached hydrogens (tertiary/aromatic N) is 3. The van der Waals surface area contributed by atoms with Crippen LogP contribution in [0.15, 0.2) is 23.5 Å². The van der Waals surface area contributed by atoms with E-state index < -0.39 is 0 Å². The summed E-state index contributed by atoms with van der Waals surface area (Å²) in [4.78, 5) is 4.76. The Bertz CT molecular complexity index is 438. The van der Waals surface area contributed by atoms with E-state index in [1.165, 1.54) is 25.7 Å². The molecule has 1 fully saturated rings. The lowest BCUT2D eigenvalue weighted by molar-refractivity contribution is 0.329. The Labute approximate surface area is 157 Å². The molecule has 23 heavy (non-hydrogen) atoms. The highest BCUT2D eigenvalue weighted by atomic mass is 127. The minimum Gasteiger partial charge on any atom is -0.357 e. The van der Waals surface area contributed by atoms with Gasteiger partial charge in [-0.1, -0.05) is 13.8 Å². The fourth-order valence-electron chi connectivity index (χ4n) is 2.95. The van der Waals surface area contributed by atoms with Gasteiger partial charge in [-0.2, -0.15) is 5.10 Å². The molecule has 0 aromatic carbocycles. The van der Waals surface area contributed by atoms with E-state index >= 15 is 0 Å². The topological polar surface area (TPSA) is 54.2 Å². The second-order valence-electron chi connectivity index (χ2n) is 6.65. The SMILES string of the molecule is CCNC(=NCC(C)Cn1cccn1)NC1CCC(C)CC1.I. The van der Waals surface area contributed by atoms with Crippen LogP contribution in [0, 0.1) is 11.8 Å². The van der Waals surface area contributed by atoms with Crippen molar-refractivity contribution >= 4 is 29.9 Å². The van der Waals surface area contributed by atoms with E-state index in [4.69, 9.17) is 4.99 Å². The molecule has 0 spiro atoms. The molecule has 0 amide bonds. The molecule has 0 radical (unpaired) electrons. The van der Waals surface area contributed by atoms with Crippen LogP contribution in [0.3, 0.4) is 0 Å². The summed E-state index contributed by atoms with van der Waals surface area (Å²) in [7, 11) is 0. The van der Waals surface area contributed by atoms with Crippen LogP contribution < -0.4 is 10.6 Å². The van der Waals surface area contributed by atoms with Crippen LogP contribution in [0.25, 0.3) is 0 Å². The normalized spacial score (nSPS) is 23.0. The molecular formula is C17H32IN5. The smallest absolute Gasteiger partial charge is 0.191 e. The molecule has 1 aromatic heterocycles. The number of aliphatic imine (C=N–C) groups is 1. The number of halogens is 1. The lowest BCUT2D eigenvalue weighted by atomic mass is 9.87.